The van der Waals surface area contributed by atoms with E-state index in [0.717, 1.165) is 6.26 Å². The summed E-state index contributed by atoms with van der Waals surface area (Å²) in [5.41, 5.74) is 1.18. The average molecular weight is 521 g/mol. The Morgan fingerprint density at radius 2 is 1.81 bits per heavy atom. The van der Waals surface area contributed by atoms with Crippen molar-refractivity contribution in [2.24, 2.45) is 0 Å². The van der Waals surface area contributed by atoms with Crippen LogP contribution < -0.4 is 10.7 Å². The number of ether oxygens (including phenoxy) is 1. The molecule has 2 aromatic carbocycles. The number of sulfone groups is 1. The minimum absolute atomic E-state index is 0.0498. The Labute approximate surface area is 209 Å². The Morgan fingerprint density at radius 1 is 1.14 bits per heavy atom. The third kappa shape index (κ3) is 6.25. The molecule has 7 nitrogen and oxygen atoms in total. The standard InChI is InChI=1S/C26H30F2N2O5S/c1-16(15-35-3)30-14-22(26(32)29-13-18-8-10-21(11-9-18)36(4,33)34)24(31)23(17(30)2)19-6-5-7-20(12-19)25(27)28/h5-12,14,16,25-26,29,32H,13,15H2,1-4H3/t16-,26?/m0/s1. The number of aromatic nitrogens is 1. The van der Waals surface area contributed by atoms with E-state index in [1.54, 1.807) is 43.0 Å². The van der Waals surface area contributed by atoms with Crippen LogP contribution in [-0.4, -0.2) is 38.1 Å². The minimum atomic E-state index is -3.33. The van der Waals surface area contributed by atoms with Gasteiger partial charge in [-0.05, 0) is 43.2 Å². The number of hydrogen-bond donors (Lipinski definition) is 2. The first kappa shape index (κ1) is 27.7. The van der Waals surface area contributed by atoms with Crippen LogP contribution in [0.4, 0.5) is 8.78 Å². The van der Waals surface area contributed by atoms with Crippen molar-refractivity contribution in [3.8, 4) is 11.1 Å². The van der Waals surface area contributed by atoms with E-state index in [-0.39, 0.29) is 34.2 Å². The van der Waals surface area contributed by atoms with Gasteiger partial charge in [-0.15, -0.1) is 0 Å². The highest BCUT2D eigenvalue weighted by Crippen LogP contribution is 2.28. The quantitative estimate of drug-likeness (QED) is 0.390. The van der Waals surface area contributed by atoms with Gasteiger partial charge in [0, 0.05) is 42.9 Å². The molecule has 2 atom stereocenters. The number of aliphatic hydroxyl groups excluding tert-OH is 1. The molecular formula is C26H30F2N2O5S. The van der Waals surface area contributed by atoms with E-state index in [1.807, 2.05) is 6.92 Å². The Balaban J connectivity index is 2.01. The van der Waals surface area contributed by atoms with Crippen LogP contribution in [0.1, 0.15) is 48.0 Å². The van der Waals surface area contributed by atoms with Gasteiger partial charge < -0.3 is 14.4 Å². The number of pyridine rings is 1. The highest BCUT2D eigenvalue weighted by atomic mass is 32.2. The molecular weight excluding hydrogens is 490 g/mol. The molecule has 0 radical (unpaired) electrons. The molecule has 0 saturated carbocycles. The zero-order chi connectivity index (χ0) is 26.6. The zero-order valence-corrected chi connectivity index (χ0v) is 21.4. The maximum absolute atomic E-state index is 13.5. The molecule has 10 heteroatoms. The van der Waals surface area contributed by atoms with Crippen molar-refractivity contribution < 1.29 is 27.0 Å². The summed E-state index contributed by atoms with van der Waals surface area (Å²) in [6.07, 6.45) is -1.40. The number of benzene rings is 2. The molecule has 1 heterocycles. The summed E-state index contributed by atoms with van der Waals surface area (Å²) >= 11 is 0. The SMILES string of the molecule is COC[C@H](C)n1cc(C(O)NCc2ccc(S(C)(=O)=O)cc2)c(=O)c(-c2cccc(C(F)F)c2)c1C. The summed E-state index contributed by atoms with van der Waals surface area (Å²) in [6.45, 7) is 4.09. The predicted molar refractivity (Wildman–Crippen MR) is 134 cm³/mol. The molecule has 36 heavy (non-hydrogen) atoms. The van der Waals surface area contributed by atoms with Gasteiger partial charge in [0.05, 0.1) is 23.1 Å². The first-order valence-corrected chi connectivity index (χ1v) is 13.2. The maximum atomic E-state index is 13.5. The Kier molecular flexibility index (Phi) is 8.78. The number of halogens is 2. The summed E-state index contributed by atoms with van der Waals surface area (Å²) < 4.78 is 57.1. The van der Waals surface area contributed by atoms with Gasteiger partial charge in [0.1, 0.15) is 6.23 Å². The number of rotatable bonds is 10. The van der Waals surface area contributed by atoms with E-state index in [4.69, 9.17) is 4.74 Å². The van der Waals surface area contributed by atoms with Gasteiger partial charge in [-0.1, -0.05) is 30.3 Å². The smallest absolute Gasteiger partial charge is 0.263 e. The van der Waals surface area contributed by atoms with E-state index in [0.29, 0.717) is 23.4 Å². The molecule has 0 aliphatic heterocycles. The second kappa shape index (κ2) is 11.4. The van der Waals surface area contributed by atoms with Crippen molar-refractivity contribution in [1.29, 1.82) is 0 Å². The number of aliphatic hydroxyl groups is 1. The first-order valence-electron chi connectivity index (χ1n) is 11.3. The van der Waals surface area contributed by atoms with E-state index >= 15 is 0 Å². The topological polar surface area (TPSA) is 97.6 Å². The molecule has 194 valence electrons. The second-order valence-electron chi connectivity index (χ2n) is 8.71. The van der Waals surface area contributed by atoms with Crippen molar-refractivity contribution in [2.75, 3.05) is 20.0 Å². The molecule has 1 aromatic heterocycles. The van der Waals surface area contributed by atoms with Crippen LogP contribution in [-0.2, 0) is 21.1 Å². The lowest BCUT2D eigenvalue weighted by Crippen LogP contribution is -2.30. The first-order chi connectivity index (χ1) is 16.9. The molecule has 0 aliphatic rings. The number of nitrogens with zero attached hydrogens (tertiary/aromatic N) is 1. The van der Waals surface area contributed by atoms with Crippen LogP contribution in [0.15, 0.2) is 64.4 Å². The average Bonchev–Trinajstić information content (AvgIpc) is 2.82. The van der Waals surface area contributed by atoms with Crippen molar-refractivity contribution in [2.45, 2.75) is 44.0 Å². The van der Waals surface area contributed by atoms with Gasteiger partial charge in [0.15, 0.2) is 15.3 Å². The van der Waals surface area contributed by atoms with E-state index in [9.17, 15) is 27.1 Å². The maximum Gasteiger partial charge on any atom is 0.263 e. The summed E-state index contributed by atoms with van der Waals surface area (Å²) in [5, 5.41) is 13.8. The van der Waals surface area contributed by atoms with Gasteiger partial charge in [-0.2, -0.15) is 0 Å². The largest absolute Gasteiger partial charge is 0.383 e. The van der Waals surface area contributed by atoms with Gasteiger partial charge in [0.25, 0.3) is 6.43 Å². The normalized spacial score (nSPS) is 13.7. The molecule has 0 amide bonds. The fraction of sp³-hybridized carbons (Fsp3) is 0.346. The van der Waals surface area contributed by atoms with E-state index in [1.165, 1.54) is 30.3 Å². The summed E-state index contributed by atoms with van der Waals surface area (Å²) in [7, 11) is -1.78. The van der Waals surface area contributed by atoms with E-state index < -0.39 is 27.9 Å². The van der Waals surface area contributed by atoms with Gasteiger partial charge in [-0.25, -0.2) is 17.2 Å². The molecule has 2 N–H and O–H groups in total. The molecule has 1 unspecified atom stereocenters. The fourth-order valence-corrected chi connectivity index (χ4v) is 4.70. The monoisotopic (exact) mass is 520 g/mol. The van der Waals surface area contributed by atoms with E-state index in [2.05, 4.69) is 5.32 Å². The van der Waals surface area contributed by atoms with Gasteiger partial charge in [-0.3, -0.25) is 10.1 Å². The van der Waals surface area contributed by atoms with Crippen LogP contribution >= 0.6 is 0 Å². The third-order valence-electron chi connectivity index (χ3n) is 5.97. The summed E-state index contributed by atoms with van der Waals surface area (Å²) in [6, 6.07) is 11.6. The molecule has 3 rings (SSSR count). The molecule has 0 fully saturated rings. The van der Waals surface area contributed by atoms with Crippen molar-refractivity contribution in [1.82, 2.24) is 9.88 Å². The predicted octanol–water partition coefficient (Wildman–Crippen LogP) is 4.15. The number of methoxy groups -OCH3 is 1. The molecule has 0 saturated heterocycles. The highest BCUT2D eigenvalue weighted by molar-refractivity contribution is 7.90. The Morgan fingerprint density at radius 3 is 2.39 bits per heavy atom. The van der Waals surface area contributed by atoms with Crippen molar-refractivity contribution in [3.05, 3.63) is 87.3 Å². The number of hydrogen-bond acceptors (Lipinski definition) is 6. The minimum Gasteiger partial charge on any atom is -0.383 e. The second-order valence-corrected chi connectivity index (χ2v) is 10.7. The Bertz CT molecular complexity index is 1370. The lowest BCUT2D eigenvalue weighted by molar-refractivity contribution is 0.133. The Hall–Kier alpha value is -2.92. The summed E-state index contributed by atoms with van der Waals surface area (Å²) in [4.78, 5) is 13.7. The molecule has 0 aliphatic carbocycles. The molecule has 0 spiro atoms. The number of nitrogens with one attached hydrogen (secondary N) is 1. The van der Waals surface area contributed by atoms with Crippen LogP contribution in [0.3, 0.4) is 0 Å². The zero-order valence-electron chi connectivity index (χ0n) is 20.5. The van der Waals surface area contributed by atoms with Gasteiger partial charge >= 0.3 is 0 Å². The van der Waals surface area contributed by atoms with Crippen LogP contribution in [0, 0.1) is 6.92 Å². The van der Waals surface area contributed by atoms with Crippen LogP contribution in [0.25, 0.3) is 11.1 Å². The van der Waals surface area contributed by atoms with Gasteiger partial charge in [0.2, 0.25) is 0 Å². The number of alkyl halides is 2. The fourth-order valence-electron chi connectivity index (χ4n) is 4.07. The van der Waals surface area contributed by atoms with Crippen LogP contribution in [0.2, 0.25) is 0 Å². The van der Waals surface area contributed by atoms with Crippen LogP contribution in [0.5, 0.6) is 0 Å². The van der Waals surface area contributed by atoms with Crippen molar-refractivity contribution in [3.63, 3.8) is 0 Å². The highest BCUT2D eigenvalue weighted by Gasteiger charge is 2.22. The molecule has 3 aromatic rings. The lowest BCUT2D eigenvalue weighted by atomic mass is 9.98. The van der Waals surface area contributed by atoms with Crippen molar-refractivity contribution >= 4 is 9.84 Å². The lowest BCUT2D eigenvalue weighted by Gasteiger charge is -2.24. The summed E-state index contributed by atoms with van der Waals surface area (Å²) in [5.74, 6) is 0. The third-order valence-corrected chi connectivity index (χ3v) is 7.10. The molecule has 0 bridgehead atoms.